The number of amides is 1. The number of anilines is 1. The Hall–Kier alpha value is -3.47. The molecule has 2 bridgehead atoms. The summed E-state index contributed by atoms with van der Waals surface area (Å²) in [7, 11) is 1.54. The summed E-state index contributed by atoms with van der Waals surface area (Å²) in [6.07, 6.45) is 4.27. The first-order valence-corrected chi connectivity index (χ1v) is 9.88. The standard InChI is InChI=1S/C20H21FN6O4/c1-11-8-30-16-7-27-17-15(5-23-27)19(28)24-14(9-29-2)10-31-20-12(3-13(21)4-22-20)6-26(11)18(16)25-17/h3-5,7,11,14H,6,8-10H2,1-2H3,(H,24,28)/t11-,14+/m1/s1. The Balaban J connectivity index is 1.67. The molecule has 10 nitrogen and oxygen atoms in total. The highest BCUT2D eigenvalue weighted by Crippen LogP contribution is 2.35. The van der Waals surface area contributed by atoms with Gasteiger partial charge in [0.15, 0.2) is 17.2 Å². The molecular weight excluding hydrogens is 407 g/mol. The fraction of sp³-hybridized carbons (Fsp3) is 0.400. The largest absolute Gasteiger partial charge is 0.486 e. The van der Waals surface area contributed by atoms with E-state index in [1.165, 1.54) is 23.9 Å². The molecule has 5 rings (SSSR count). The number of hydrogen-bond donors (Lipinski definition) is 1. The zero-order valence-electron chi connectivity index (χ0n) is 17.0. The summed E-state index contributed by atoms with van der Waals surface area (Å²) in [4.78, 5) is 23.8. The minimum Gasteiger partial charge on any atom is -0.486 e. The van der Waals surface area contributed by atoms with E-state index in [-0.39, 0.29) is 25.2 Å². The predicted molar refractivity (Wildman–Crippen MR) is 107 cm³/mol. The SMILES string of the molecule is COC[C@H]1COc2ncc(F)cc2CN2c3nc4c(cnn4cc3OC[C@H]2C)C(=O)N1. The van der Waals surface area contributed by atoms with Gasteiger partial charge in [-0.3, -0.25) is 4.79 Å². The summed E-state index contributed by atoms with van der Waals surface area (Å²) in [6.45, 7) is 3.04. The molecule has 0 aliphatic carbocycles. The summed E-state index contributed by atoms with van der Waals surface area (Å²) in [5, 5.41) is 7.14. The van der Waals surface area contributed by atoms with E-state index in [1.54, 1.807) is 6.20 Å². The number of hydrogen-bond acceptors (Lipinski definition) is 8. The molecule has 2 aliphatic heterocycles. The van der Waals surface area contributed by atoms with Gasteiger partial charge >= 0.3 is 0 Å². The number of rotatable bonds is 2. The normalized spacial score (nSPS) is 20.7. The third kappa shape index (κ3) is 3.50. The third-order valence-electron chi connectivity index (χ3n) is 5.33. The van der Waals surface area contributed by atoms with Gasteiger partial charge in [0, 0.05) is 12.7 Å². The fourth-order valence-electron chi connectivity index (χ4n) is 3.76. The van der Waals surface area contributed by atoms with Crippen molar-refractivity contribution < 1.29 is 23.4 Å². The topological polar surface area (TPSA) is 103 Å². The Kier molecular flexibility index (Phi) is 4.81. The highest BCUT2D eigenvalue weighted by atomic mass is 19.1. The van der Waals surface area contributed by atoms with Gasteiger partial charge in [-0.15, -0.1) is 0 Å². The molecule has 0 aromatic carbocycles. The summed E-state index contributed by atoms with van der Waals surface area (Å²) in [5.41, 5.74) is 1.28. The quantitative estimate of drug-likeness (QED) is 0.649. The molecule has 0 saturated carbocycles. The monoisotopic (exact) mass is 428 g/mol. The van der Waals surface area contributed by atoms with Crippen LogP contribution >= 0.6 is 0 Å². The predicted octanol–water partition coefficient (Wildman–Crippen LogP) is 1.19. The first kappa shape index (κ1) is 19.5. The maximum absolute atomic E-state index is 14.0. The van der Waals surface area contributed by atoms with E-state index >= 15 is 0 Å². The van der Waals surface area contributed by atoms with Gasteiger partial charge in [0.25, 0.3) is 5.91 Å². The molecule has 1 amide bonds. The first-order chi connectivity index (χ1) is 15.0. The second-order valence-electron chi connectivity index (χ2n) is 7.60. The van der Waals surface area contributed by atoms with Gasteiger partial charge in [-0.25, -0.2) is 18.9 Å². The smallest absolute Gasteiger partial charge is 0.257 e. The number of carbonyl (C=O) groups excluding carboxylic acids is 1. The van der Waals surface area contributed by atoms with E-state index in [4.69, 9.17) is 19.2 Å². The van der Waals surface area contributed by atoms with Crippen LogP contribution in [0.15, 0.2) is 24.7 Å². The first-order valence-electron chi connectivity index (χ1n) is 9.88. The fourth-order valence-corrected chi connectivity index (χ4v) is 3.76. The van der Waals surface area contributed by atoms with Crippen molar-refractivity contribution in [3.63, 3.8) is 0 Å². The lowest BCUT2D eigenvalue weighted by Crippen LogP contribution is -2.42. The van der Waals surface area contributed by atoms with E-state index in [0.717, 1.165) is 6.20 Å². The second kappa shape index (κ2) is 7.65. The molecule has 162 valence electrons. The molecule has 3 aromatic rings. The van der Waals surface area contributed by atoms with Crippen LogP contribution in [-0.4, -0.2) is 64.5 Å². The number of methoxy groups -OCH3 is 1. The molecular formula is C20H21FN6O4. The van der Waals surface area contributed by atoms with Crippen LogP contribution in [0, 0.1) is 5.82 Å². The molecule has 0 unspecified atom stereocenters. The van der Waals surface area contributed by atoms with E-state index in [1.807, 2.05) is 11.8 Å². The van der Waals surface area contributed by atoms with Crippen molar-refractivity contribution in [3.05, 3.63) is 41.6 Å². The number of aromatic nitrogens is 4. The van der Waals surface area contributed by atoms with Crippen molar-refractivity contribution in [3.8, 4) is 11.6 Å². The maximum Gasteiger partial charge on any atom is 0.257 e. The zero-order valence-corrected chi connectivity index (χ0v) is 17.0. The van der Waals surface area contributed by atoms with E-state index < -0.39 is 11.9 Å². The van der Waals surface area contributed by atoms with Crippen molar-refractivity contribution in [2.24, 2.45) is 0 Å². The number of ether oxygens (including phenoxy) is 3. The van der Waals surface area contributed by atoms with Crippen LogP contribution in [0.25, 0.3) is 5.65 Å². The average molecular weight is 428 g/mol. The van der Waals surface area contributed by atoms with Crippen LogP contribution in [0.5, 0.6) is 11.6 Å². The molecule has 31 heavy (non-hydrogen) atoms. The number of nitrogens with zero attached hydrogens (tertiary/aromatic N) is 5. The summed E-state index contributed by atoms with van der Waals surface area (Å²) >= 11 is 0. The van der Waals surface area contributed by atoms with Crippen LogP contribution in [0.2, 0.25) is 0 Å². The van der Waals surface area contributed by atoms with Gasteiger partial charge in [0.1, 0.15) is 24.6 Å². The van der Waals surface area contributed by atoms with Crippen LogP contribution in [0.4, 0.5) is 10.2 Å². The molecule has 3 aromatic heterocycles. The molecule has 0 fully saturated rings. The van der Waals surface area contributed by atoms with Crippen molar-refractivity contribution in [1.82, 2.24) is 24.9 Å². The highest BCUT2D eigenvalue weighted by molar-refractivity contribution is 6.00. The summed E-state index contributed by atoms with van der Waals surface area (Å²) in [6, 6.07) is 0.891. The van der Waals surface area contributed by atoms with Crippen molar-refractivity contribution in [1.29, 1.82) is 0 Å². The number of carbonyl (C=O) groups is 1. The lowest BCUT2D eigenvalue weighted by atomic mass is 10.2. The minimum atomic E-state index is -0.462. The Bertz CT molecular complexity index is 1150. The Morgan fingerprint density at radius 2 is 2.19 bits per heavy atom. The van der Waals surface area contributed by atoms with Gasteiger partial charge in [-0.1, -0.05) is 0 Å². The van der Waals surface area contributed by atoms with Crippen molar-refractivity contribution in [2.45, 2.75) is 25.6 Å². The molecule has 0 radical (unpaired) electrons. The Labute approximate surface area is 176 Å². The van der Waals surface area contributed by atoms with Crippen LogP contribution in [-0.2, 0) is 11.3 Å². The molecule has 0 saturated heterocycles. The number of halogens is 1. The van der Waals surface area contributed by atoms with Crippen LogP contribution < -0.4 is 19.7 Å². The zero-order chi connectivity index (χ0) is 21.5. The third-order valence-corrected chi connectivity index (χ3v) is 5.33. The molecule has 2 atom stereocenters. The molecule has 11 heteroatoms. The van der Waals surface area contributed by atoms with Crippen LogP contribution in [0.1, 0.15) is 22.8 Å². The number of nitrogens with one attached hydrogen (secondary N) is 1. The molecule has 1 N–H and O–H groups in total. The second-order valence-corrected chi connectivity index (χ2v) is 7.60. The Morgan fingerprint density at radius 1 is 1.32 bits per heavy atom. The van der Waals surface area contributed by atoms with E-state index in [0.29, 0.717) is 47.4 Å². The van der Waals surface area contributed by atoms with Crippen LogP contribution in [0.3, 0.4) is 0 Å². The van der Waals surface area contributed by atoms with Crippen molar-refractivity contribution in [2.75, 3.05) is 31.8 Å². The number of fused-ring (bicyclic) bond motifs is 1. The number of pyridine rings is 1. The molecule has 5 heterocycles. The van der Waals surface area contributed by atoms with Gasteiger partial charge in [-0.2, -0.15) is 5.10 Å². The highest BCUT2D eigenvalue weighted by Gasteiger charge is 2.30. The van der Waals surface area contributed by atoms with E-state index in [9.17, 15) is 9.18 Å². The lowest BCUT2D eigenvalue weighted by Gasteiger charge is -2.35. The van der Waals surface area contributed by atoms with Gasteiger partial charge in [0.05, 0.1) is 43.8 Å². The van der Waals surface area contributed by atoms with E-state index in [2.05, 4.69) is 15.4 Å². The molecule has 0 spiro atoms. The average Bonchev–Trinajstić information content (AvgIpc) is 3.16. The summed E-state index contributed by atoms with van der Waals surface area (Å²) < 4.78 is 32.5. The Morgan fingerprint density at radius 3 is 3.03 bits per heavy atom. The maximum atomic E-state index is 14.0. The van der Waals surface area contributed by atoms with Gasteiger partial charge < -0.3 is 24.4 Å². The molecule has 2 aliphatic rings. The van der Waals surface area contributed by atoms with Crippen molar-refractivity contribution >= 4 is 17.4 Å². The minimum absolute atomic E-state index is 0.0508. The van der Waals surface area contributed by atoms with Gasteiger partial charge in [-0.05, 0) is 13.0 Å². The lowest BCUT2D eigenvalue weighted by molar-refractivity contribution is 0.0852. The summed E-state index contributed by atoms with van der Waals surface area (Å²) in [5.74, 6) is 0.552. The van der Waals surface area contributed by atoms with Gasteiger partial charge in [0.2, 0.25) is 5.88 Å².